The van der Waals surface area contributed by atoms with Gasteiger partial charge in [0.1, 0.15) is 0 Å². The van der Waals surface area contributed by atoms with Crippen molar-refractivity contribution in [1.29, 1.82) is 5.41 Å². The number of carbonyl (C=O) groups excluding carboxylic acids is 1. The molecule has 0 bridgehead atoms. The highest BCUT2D eigenvalue weighted by molar-refractivity contribution is 5.90. The fourth-order valence-electron chi connectivity index (χ4n) is 0.780. The Balaban J connectivity index is 3.49. The molecule has 0 aliphatic carbocycles. The quantitative estimate of drug-likeness (QED) is 0.468. The van der Waals surface area contributed by atoms with Gasteiger partial charge < -0.3 is 10.9 Å². The van der Waals surface area contributed by atoms with E-state index in [1.54, 1.807) is 6.92 Å². The molecule has 1 aromatic heterocycles. The SMILES string of the molecule is Cc1cn(O)c(=N)c(C(N)=O)n1. The van der Waals surface area contributed by atoms with Gasteiger partial charge in [0.05, 0.1) is 11.9 Å². The summed E-state index contributed by atoms with van der Waals surface area (Å²) in [5, 5.41) is 16.2. The van der Waals surface area contributed by atoms with Gasteiger partial charge in [0.2, 0.25) is 0 Å². The molecular formula is C6H8N4O2. The van der Waals surface area contributed by atoms with Crippen molar-refractivity contribution in [2.75, 3.05) is 0 Å². The van der Waals surface area contributed by atoms with E-state index in [4.69, 9.17) is 16.4 Å². The molecule has 1 heterocycles. The van der Waals surface area contributed by atoms with Gasteiger partial charge in [-0.2, -0.15) is 4.73 Å². The summed E-state index contributed by atoms with van der Waals surface area (Å²) in [6.07, 6.45) is 1.22. The molecule has 0 saturated carbocycles. The molecule has 0 aliphatic heterocycles. The third-order valence-electron chi connectivity index (χ3n) is 1.28. The Labute approximate surface area is 67.7 Å². The molecule has 0 unspecified atom stereocenters. The molecule has 6 heteroatoms. The van der Waals surface area contributed by atoms with Gasteiger partial charge in [0.25, 0.3) is 5.91 Å². The standard InChI is InChI=1S/C6H8N4O2/c1-3-2-10(12)5(7)4(9-3)6(8)11/h2,7,12H,1H3,(H2,8,11). The first kappa shape index (κ1) is 8.25. The van der Waals surface area contributed by atoms with Gasteiger partial charge in [-0.05, 0) is 6.92 Å². The van der Waals surface area contributed by atoms with E-state index in [9.17, 15) is 4.79 Å². The van der Waals surface area contributed by atoms with Crippen molar-refractivity contribution in [3.63, 3.8) is 0 Å². The zero-order valence-corrected chi connectivity index (χ0v) is 6.40. The number of nitrogens with one attached hydrogen (secondary N) is 1. The van der Waals surface area contributed by atoms with Crippen LogP contribution < -0.4 is 11.2 Å². The summed E-state index contributed by atoms with van der Waals surface area (Å²) in [5.41, 5.74) is 4.68. The number of nitrogens with two attached hydrogens (primary N) is 1. The third kappa shape index (κ3) is 1.26. The lowest BCUT2D eigenvalue weighted by atomic mass is 10.4. The van der Waals surface area contributed by atoms with Crippen LogP contribution in [-0.4, -0.2) is 20.8 Å². The molecule has 0 radical (unpaired) electrons. The minimum Gasteiger partial charge on any atom is -0.427 e. The minimum absolute atomic E-state index is 0.238. The number of aromatic nitrogens is 2. The topological polar surface area (TPSA) is 105 Å². The zero-order chi connectivity index (χ0) is 9.30. The average molecular weight is 168 g/mol. The van der Waals surface area contributed by atoms with Gasteiger partial charge in [-0.1, -0.05) is 0 Å². The number of carbonyl (C=O) groups is 1. The van der Waals surface area contributed by atoms with Crippen molar-refractivity contribution in [1.82, 2.24) is 9.71 Å². The molecule has 0 aliphatic rings. The molecule has 6 nitrogen and oxygen atoms in total. The Kier molecular flexibility index (Phi) is 1.82. The van der Waals surface area contributed by atoms with E-state index < -0.39 is 11.4 Å². The second-order valence-corrected chi connectivity index (χ2v) is 2.29. The number of nitrogens with zero attached hydrogens (tertiary/aromatic N) is 2. The van der Waals surface area contributed by atoms with Crippen LogP contribution in [0.4, 0.5) is 0 Å². The van der Waals surface area contributed by atoms with E-state index in [0.717, 1.165) is 0 Å². The lowest BCUT2D eigenvalue weighted by Gasteiger charge is -2.01. The monoisotopic (exact) mass is 168 g/mol. The highest BCUT2D eigenvalue weighted by Crippen LogP contribution is 1.89. The highest BCUT2D eigenvalue weighted by Gasteiger charge is 2.07. The molecular weight excluding hydrogens is 160 g/mol. The number of rotatable bonds is 1. The minimum atomic E-state index is -0.827. The van der Waals surface area contributed by atoms with Crippen molar-refractivity contribution in [2.45, 2.75) is 6.92 Å². The molecule has 0 spiro atoms. The van der Waals surface area contributed by atoms with Crippen LogP contribution in [0, 0.1) is 12.3 Å². The van der Waals surface area contributed by atoms with Crippen LogP contribution in [0.1, 0.15) is 16.2 Å². The summed E-state index contributed by atoms with van der Waals surface area (Å²) < 4.78 is 0.502. The van der Waals surface area contributed by atoms with Gasteiger partial charge in [0.15, 0.2) is 11.2 Å². The van der Waals surface area contributed by atoms with E-state index in [-0.39, 0.29) is 5.69 Å². The molecule has 0 aromatic carbocycles. The number of amides is 1. The molecule has 1 aromatic rings. The van der Waals surface area contributed by atoms with Gasteiger partial charge in [-0.15, -0.1) is 0 Å². The maximum atomic E-state index is 10.6. The normalized spacial score (nSPS) is 9.75. The second kappa shape index (κ2) is 2.65. The first-order valence-corrected chi connectivity index (χ1v) is 3.16. The summed E-state index contributed by atoms with van der Waals surface area (Å²) >= 11 is 0. The van der Waals surface area contributed by atoms with E-state index >= 15 is 0 Å². The molecule has 0 saturated heterocycles. The van der Waals surface area contributed by atoms with Crippen LogP contribution in [0.2, 0.25) is 0 Å². The lowest BCUT2D eigenvalue weighted by Crippen LogP contribution is -2.30. The lowest BCUT2D eigenvalue weighted by molar-refractivity contribution is 0.0982. The molecule has 64 valence electrons. The van der Waals surface area contributed by atoms with Crippen molar-refractivity contribution in [2.24, 2.45) is 5.73 Å². The number of aryl methyl sites for hydroxylation is 1. The fourth-order valence-corrected chi connectivity index (χ4v) is 0.780. The van der Waals surface area contributed by atoms with Crippen LogP contribution >= 0.6 is 0 Å². The Hall–Kier alpha value is -1.85. The van der Waals surface area contributed by atoms with E-state index in [2.05, 4.69) is 4.98 Å². The largest absolute Gasteiger partial charge is 0.427 e. The van der Waals surface area contributed by atoms with Crippen molar-refractivity contribution in [3.8, 4) is 0 Å². The Bertz CT molecular complexity index is 382. The van der Waals surface area contributed by atoms with Crippen LogP contribution in [0.15, 0.2) is 6.20 Å². The average Bonchev–Trinajstić information content (AvgIpc) is 1.96. The van der Waals surface area contributed by atoms with Gasteiger partial charge in [-0.25, -0.2) is 4.98 Å². The fraction of sp³-hybridized carbons (Fsp3) is 0.167. The van der Waals surface area contributed by atoms with Crippen molar-refractivity contribution < 1.29 is 10.0 Å². The van der Waals surface area contributed by atoms with E-state index in [1.807, 2.05) is 0 Å². The van der Waals surface area contributed by atoms with E-state index in [1.165, 1.54) is 6.20 Å². The molecule has 1 amide bonds. The van der Waals surface area contributed by atoms with E-state index in [0.29, 0.717) is 10.4 Å². The molecule has 4 N–H and O–H groups in total. The summed E-state index contributed by atoms with van der Waals surface area (Å²) in [5.74, 6) is -0.827. The van der Waals surface area contributed by atoms with Gasteiger partial charge in [0, 0.05) is 0 Å². The maximum Gasteiger partial charge on any atom is 0.271 e. The highest BCUT2D eigenvalue weighted by atomic mass is 16.5. The molecule has 0 fully saturated rings. The van der Waals surface area contributed by atoms with Crippen molar-refractivity contribution in [3.05, 3.63) is 23.1 Å². The predicted octanol–water partition coefficient (Wildman–Crippen LogP) is -0.993. The first-order valence-electron chi connectivity index (χ1n) is 3.16. The summed E-state index contributed by atoms with van der Waals surface area (Å²) in [6, 6.07) is 0. The smallest absolute Gasteiger partial charge is 0.271 e. The second-order valence-electron chi connectivity index (χ2n) is 2.29. The van der Waals surface area contributed by atoms with Crippen LogP contribution in [0.3, 0.4) is 0 Å². The Morgan fingerprint density at radius 1 is 1.83 bits per heavy atom. The van der Waals surface area contributed by atoms with Crippen LogP contribution in [-0.2, 0) is 0 Å². The molecule has 1 rings (SSSR count). The van der Waals surface area contributed by atoms with Gasteiger partial charge in [-0.3, -0.25) is 10.2 Å². The maximum absolute atomic E-state index is 10.6. The molecule has 0 atom stereocenters. The van der Waals surface area contributed by atoms with Crippen molar-refractivity contribution >= 4 is 5.91 Å². The van der Waals surface area contributed by atoms with Gasteiger partial charge >= 0.3 is 0 Å². The third-order valence-corrected chi connectivity index (χ3v) is 1.28. The summed E-state index contributed by atoms with van der Waals surface area (Å²) in [7, 11) is 0. The van der Waals surface area contributed by atoms with Crippen LogP contribution in [0.25, 0.3) is 0 Å². The van der Waals surface area contributed by atoms with Crippen LogP contribution in [0.5, 0.6) is 0 Å². The number of primary amides is 1. The number of hydrogen-bond acceptors (Lipinski definition) is 4. The molecule has 12 heavy (non-hydrogen) atoms. The Morgan fingerprint density at radius 3 is 2.92 bits per heavy atom. The first-order chi connectivity index (χ1) is 5.52. The Morgan fingerprint density at radius 2 is 2.42 bits per heavy atom. The predicted molar refractivity (Wildman–Crippen MR) is 38.5 cm³/mol. The summed E-state index contributed by atoms with van der Waals surface area (Å²) in [4.78, 5) is 14.3. The number of hydrogen-bond donors (Lipinski definition) is 3. The summed E-state index contributed by atoms with van der Waals surface area (Å²) in [6.45, 7) is 1.58. The zero-order valence-electron chi connectivity index (χ0n) is 6.40.